The van der Waals surface area contributed by atoms with Crippen LogP contribution < -0.4 is 28.3 Å². The third-order valence-corrected chi connectivity index (χ3v) is 4.20. The van der Waals surface area contributed by atoms with Crippen LogP contribution in [0.15, 0.2) is 44.2 Å². The second-order valence-electron chi connectivity index (χ2n) is 9.60. The highest BCUT2D eigenvalue weighted by atomic mass is 16.2. The fourth-order valence-corrected chi connectivity index (χ4v) is 2.16. The summed E-state index contributed by atoms with van der Waals surface area (Å²) in [6, 6.07) is 5.86. The van der Waals surface area contributed by atoms with Gasteiger partial charge in [-0.2, -0.15) is 9.98 Å². The Bertz CT molecular complexity index is 994. The number of nitrogens with one attached hydrogen (secondary N) is 1. The van der Waals surface area contributed by atoms with E-state index in [1.807, 2.05) is 20.8 Å². The van der Waals surface area contributed by atoms with Gasteiger partial charge in [-0.25, -0.2) is 4.99 Å². The number of nitrogens with two attached hydrogens (primary N) is 4. The number of amides is 2. The predicted molar refractivity (Wildman–Crippen MR) is 133 cm³/mol. The van der Waals surface area contributed by atoms with Crippen LogP contribution in [0.3, 0.4) is 0 Å². The molecule has 0 spiro atoms. The molecule has 11 heteroatoms. The van der Waals surface area contributed by atoms with E-state index in [4.69, 9.17) is 22.9 Å². The summed E-state index contributed by atoms with van der Waals surface area (Å²) in [5.41, 5.74) is 23.0. The van der Waals surface area contributed by atoms with Gasteiger partial charge >= 0.3 is 0 Å². The molecule has 0 saturated heterocycles. The zero-order valence-corrected chi connectivity index (χ0v) is 20.1. The molecule has 0 heterocycles. The molecule has 1 rings (SSSR count). The largest absolute Gasteiger partial charge is 0.387 e. The molecule has 0 saturated carbocycles. The van der Waals surface area contributed by atoms with E-state index in [9.17, 15) is 9.59 Å². The van der Waals surface area contributed by atoms with Crippen LogP contribution in [0, 0.1) is 10.8 Å². The van der Waals surface area contributed by atoms with Crippen LogP contribution in [0.5, 0.6) is 0 Å². The van der Waals surface area contributed by atoms with Gasteiger partial charge in [0, 0.05) is 23.1 Å². The Hall–Kier alpha value is -3.76. The van der Waals surface area contributed by atoms with Crippen molar-refractivity contribution < 1.29 is 9.59 Å². The van der Waals surface area contributed by atoms with Gasteiger partial charge in [0.05, 0.1) is 0 Å². The van der Waals surface area contributed by atoms with Crippen LogP contribution in [-0.4, -0.2) is 42.1 Å². The first-order valence-electron chi connectivity index (χ1n) is 10.4. The normalized spacial score (nSPS) is 14.2. The highest BCUT2D eigenvalue weighted by Gasteiger charge is 2.16. The molecule has 0 aliphatic rings. The van der Waals surface area contributed by atoms with Crippen molar-refractivity contribution in [3.8, 4) is 0 Å². The van der Waals surface area contributed by atoms with Gasteiger partial charge in [-0.1, -0.05) is 47.6 Å². The van der Waals surface area contributed by atoms with E-state index in [1.54, 1.807) is 0 Å². The van der Waals surface area contributed by atoms with Gasteiger partial charge in [-0.15, -0.1) is 0 Å². The van der Waals surface area contributed by atoms with Crippen LogP contribution >= 0.6 is 0 Å². The maximum absolute atomic E-state index is 12.5. The first-order valence-corrected chi connectivity index (χ1v) is 10.4. The number of hydrogen-bond acceptors (Lipinski definition) is 3. The Morgan fingerprint density at radius 2 is 1.48 bits per heavy atom. The van der Waals surface area contributed by atoms with Gasteiger partial charge in [0.2, 0.25) is 17.9 Å². The van der Waals surface area contributed by atoms with Crippen LogP contribution in [0.25, 0.3) is 0 Å². The number of guanidine groups is 3. The van der Waals surface area contributed by atoms with Gasteiger partial charge in [0.1, 0.15) is 5.84 Å². The number of nitrogens with zero attached hydrogens (tertiary/aromatic N) is 4. The van der Waals surface area contributed by atoms with E-state index < -0.39 is 17.2 Å². The molecule has 0 aliphatic heterocycles. The lowest BCUT2D eigenvalue weighted by atomic mass is 9.93. The maximum atomic E-state index is 12.5. The summed E-state index contributed by atoms with van der Waals surface area (Å²) < 4.78 is 0. The quantitative estimate of drug-likeness (QED) is 0.333. The molecule has 9 N–H and O–H groups in total. The van der Waals surface area contributed by atoms with Crippen molar-refractivity contribution in [1.82, 2.24) is 5.32 Å². The minimum absolute atomic E-state index is 0.0409. The Morgan fingerprint density at radius 1 is 0.879 bits per heavy atom. The van der Waals surface area contributed by atoms with Crippen LogP contribution in [0.1, 0.15) is 68.7 Å². The molecule has 0 aliphatic carbocycles. The van der Waals surface area contributed by atoms with E-state index >= 15 is 0 Å². The third-order valence-electron chi connectivity index (χ3n) is 4.20. The Morgan fingerprint density at radius 3 is 2.06 bits per heavy atom. The van der Waals surface area contributed by atoms with Crippen LogP contribution in [-0.2, 0) is 0 Å². The van der Waals surface area contributed by atoms with Gasteiger partial charge < -0.3 is 22.9 Å². The zero-order valence-electron chi connectivity index (χ0n) is 20.1. The van der Waals surface area contributed by atoms with E-state index in [1.165, 1.54) is 24.3 Å². The van der Waals surface area contributed by atoms with E-state index in [2.05, 4.69) is 46.1 Å². The van der Waals surface area contributed by atoms with Gasteiger partial charge in [0.15, 0.2) is 0 Å². The molecule has 0 radical (unpaired) electrons. The second kappa shape index (κ2) is 11.2. The van der Waals surface area contributed by atoms with Crippen molar-refractivity contribution in [2.75, 3.05) is 6.54 Å². The number of hydrogen-bond donors (Lipinski definition) is 5. The molecule has 33 heavy (non-hydrogen) atoms. The van der Waals surface area contributed by atoms with Crippen molar-refractivity contribution >= 4 is 35.5 Å². The van der Waals surface area contributed by atoms with E-state index in [0.29, 0.717) is 6.54 Å². The third kappa shape index (κ3) is 10.4. The molecular weight excluding hydrogens is 422 g/mol. The second-order valence-corrected chi connectivity index (χ2v) is 9.60. The maximum Gasteiger partial charge on any atom is 0.280 e. The summed E-state index contributed by atoms with van der Waals surface area (Å²) in [6.07, 6.45) is 0.817. The summed E-state index contributed by atoms with van der Waals surface area (Å²) >= 11 is 0. The van der Waals surface area contributed by atoms with Crippen molar-refractivity contribution in [1.29, 1.82) is 0 Å². The standard InChI is InChI=1S/C22H35N9O2/c1-21(2,3)10-11-27-18(24)31-20(26)29-16(33)14-9-7-8-13(12-14)15(32)28-19(25)30-17(23)22(4,5)6/h7-9,12H,10-11H2,1-6H3,(H4,23,25,28,30,32)(H5,24,26,27,29,31,33). The summed E-state index contributed by atoms with van der Waals surface area (Å²) in [7, 11) is 0. The lowest BCUT2D eigenvalue weighted by molar-refractivity contribution is 0.0976. The topological polar surface area (TPSA) is 200 Å². The fourth-order valence-electron chi connectivity index (χ4n) is 2.16. The van der Waals surface area contributed by atoms with Gasteiger partial charge in [-0.3, -0.25) is 19.9 Å². The number of carbonyl (C=O) groups is 2. The summed E-state index contributed by atoms with van der Waals surface area (Å²) in [4.78, 5) is 40.5. The molecule has 1 aromatic rings. The summed E-state index contributed by atoms with van der Waals surface area (Å²) in [6.45, 7) is 12.3. The zero-order chi connectivity index (χ0) is 25.4. The van der Waals surface area contributed by atoms with Crippen molar-refractivity contribution in [3.63, 3.8) is 0 Å². The lowest BCUT2D eigenvalue weighted by Gasteiger charge is -2.16. The van der Waals surface area contributed by atoms with Crippen LogP contribution in [0.2, 0.25) is 0 Å². The van der Waals surface area contributed by atoms with Crippen LogP contribution in [0.4, 0.5) is 0 Å². The minimum atomic E-state index is -0.676. The molecule has 0 unspecified atom stereocenters. The summed E-state index contributed by atoms with van der Waals surface area (Å²) in [5, 5.41) is 2.40. The highest BCUT2D eigenvalue weighted by Crippen LogP contribution is 2.17. The van der Waals surface area contributed by atoms with Crippen molar-refractivity contribution in [2.24, 2.45) is 53.7 Å². The number of carbonyl (C=O) groups excluding carboxylic acids is 2. The Kier molecular flexibility index (Phi) is 9.26. The molecule has 180 valence electrons. The number of aliphatic imine (C=N–C) groups is 4. The minimum Gasteiger partial charge on any atom is -0.387 e. The molecular formula is C22H35N9O2. The average Bonchev–Trinajstić information content (AvgIpc) is 2.65. The van der Waals surface area contributed by atoms with Gasteiger partial charge in [0.25, 0.3) is 11.8 Å². The van der Waals surface area contributed by atoms with E-state index in [0.717, 1.165) is 6.42 Å². The van der Waals surface area contributed by atoms with E-state index in [-0.39, 0.29) is 40.3 Å². The van der Waals surface area contributed by atoms with Crippen molar-refractivity contribution in [3.05, 3.63) is 35.4 Å². The monoisotopic (exact) mass is 457 g/mol. The Balaban J connectivity index is 2.91. The Labute approximate surface area is 194 Å². The van der Waals surface area contributed by atoms with Crippen molar-refractivity contribution in [2.45, 2.75) is 48.0 Å². The molecule has 0 aromatic heterocycles. The number of amidine groups is 1. The SMILES string of the molecule is CC(C)(C)CCN=C(N)N=C(N)NC(=O)c1cccc(C(=O)N=C(N)N=C(N)C(C)(C)C)c1. The molecule has 0 bridgehead atoms. The molecule has 0 atom stereocenters. The first-order chi connectivity index (χ1) is 15.1. The van der Waals surface area contributed by atoms with Gasteiger partial charge in [-0.05, 0) is 30.0 Å². The molecule has 1 aromatic carbocycles. The molecule has 0 fully saturated rings. The average molecular weight is 458 g/mol. The number of benzene rings is 1. The number of rotatable bonds is 4. The predicted octanol–water partition coefficient (Wildman–Crippen LogP) is 1.34. The smallest absolute Gasteiger partial charge is 0.280 e. The lowest BCUT2D eigenvalue weighted by Crippen LogP contribution is -2.38. The first kappa shape index (κ1) is 27.3. The molecule has 2 amide bonds. The molecule has 11 nitrogen and oxygen atoms in total. The fraction of sp³-hybridized carbons (Fsp3) is 0.455. The highest BCUT2D eigenvalue weighted by molar-refractivity contribution is 6.10. The summed E-state index contributed by atoms with van der Waals surface area (Å²) in [5.74, 6) is -1.56.